The van der Waals surface area contributed by atoms with Gasteiger partial charge in [-0.3, -0.25) is 9.11 Å². The van der Waals surface area contributed by atoms with Crippen molar-refractivity contribution in [1.82, 2.24) is 15.0 Å². The largest absolute Gasteiger partial charge is 0.439 e. The van der Waals surface area contributed by atoms with Crippen LogP contribution in [0.3, 0.4) is 0 Å². The minimum absolute atomic E-state index is 0.0842. The number of hydrogen-bond acceptors (Lipinski definition) is 7. The van der Waals surface area contributed by atoms with E-state index in [0.29, 0.717) is 35.2 Å². The highest BCUT2D eigenvalue weighted by Gasteiger charge is 2.30. The van der Waals surface area contributed by atoms with Crippen LogP contribution in [-0.2, 0) is 28.9 Å². The molecule has 2 aromatic heterocycles. The van der Waals surface area contributed by atoms with E-state index in [2.05, 4.69) is 20.3 Å². The number of pyridine rings is 1. The molecule has 9 nitrogen and oxygen atoms in total. The van der Waals surface area contributed by atoms with Gasteiger partial charge in [0.1, 0.15) is 22.9 Å². The number of halogens is 5. The number of nitrogens with zero attached hydrogens (tertiary/aromatic N) is 3. The Hall–Kier alpha value is -2.71. The molecule has 0 fully saturated rings. The van der Waals surface area contributed by atoms with E-state index in [1.807, 2.05) is 12.1 Å². The van der Waals surface area contributed by atoms with Gasteiger partial charge in [-0.1, -0.05) is 23.7 Å². The fourth-order valence-corrected chi connectivity index (χ4v) is 2.90. The topological polar surface area (TPSA) is 135 Å². The van der Waals surface area contributed by atoms with Gasteiger partial charge in [-0.05, 0) is 30.2 Å². The van der Waals surface area contributed by atoms with Gasteiger partial charge in [0.2, 0.25) is 5.88 Å². The first-order valence-electron chi connectivity index (χ1n) is 9.16. The molecule has 0 aliphatic rings. The molecule has 0 bridgehead atoms. The van der Waals surface area contributed by atoms with Crippen LogP contribution >= 0.6 is 23.2 Å². The SMILES string of the molecule is FC(F)(F)c1ccc(Oc2ccc(CCNc3ncnc(CCl)c3Cl)cc2)nc1.O=S(=O)(O)O. The number of aromatic nitrogens is 3. The number of hydrogen-bond donors (Lipinski definition) is 3. The van der Waals surface area contributed by atoms with Crippen molar-refractivity contribution >= 4 is 39.4 Å². The molecule has 0 radical (unpaired) electrons. The molecule has 0 unspecified atom stereocenters. The Balaban J connectivity index is 0.000000739. The summed E-state index contributed by atoms with van der Waals surface area (Å²) in [5, 5.41) is 3.53. The van der Waals surface area contributed by atoms with Crippen LogP contribution < -0.4 is 10.1 Å². The Morgan fingerprint density at radius 3 is 2.21 bits per heavy atom. The first kappa shape index (κ1) is 27.5. The summed E-state index contributed by atoms with van der Waals surface area (Å²) in [6.45, 7) is 0.582. The standard InChI is InChI=1S/C19H15Cl2F3N4O.H2O4S/c20-9-15-17(21)18(28-11-27-15)25-8-7-12-1-4-14(5-2-12)29-16-6-3-13(10-26-16)19(22,23)24;1-5(2,3)4/h1-6,10-11H,7-9H2,(H,25,27,28);(H2,1,2,3,4). The zero-order valence-electron chi connectivity index (χ0n) is 17.0. The van der Waals surface area contributed by atoms with Gasteiger partial charge in [0.05, 0.1) is 17.1 Å². The molecule has 15 heteroatoms. The smallest absolute Gasteiger partial charge is 0.417 e. The Labute approximate surface area is 202 Å². The summed E-state index contributed by atoms with van der Waals surface area (Å²) in [4.78, 5) is 11.8. The van der Waals surface area contributed by atoms with Crippen LogP contribution in [0, 0.1) is 0 Å². The second kappa shape index (κ2) is 12.1. The predicted octanol–water partition coefficient (Wildman–Crippen LogP) is 5.08. The number of ether oxygens (including phenoxy) is 1. The fraction of sp³-hybridized carbons (Fsp3) is 0.211. The molecule has 0 atom stereocenters. The van der Waals surface area contributed by atoms with Crippen molar-refractivity contribution in [2.24, 2.45) is 0 Å². The highest BCUT2D eigenvalue weighted by Crippen LogP contribution is 2.30. The summed E-state index contributed by atoms with van der Waals surface area (Å²) < 4.78 is 74.7. The molecule has 2 heterocycles. The number of rotatable bonds is 7. The van der Waals surface area contributed by atoms with Crippen LogP contribution in [0.15, 0.2) is 48.9 Å². The second-order valence-corrected chi connectivity index (χ2v) is 7.91. The third-order valence-corrected chi connectivity index (χ3v) is 4.55. The quantitative estimate of drug-likeness (QED) is 0.277. The third kappa shape index (κ3) is 9.65. The van der Waals surface area contributed by atoms with Crippen LogP contribution in [0.2, 0.25) is 5.02 Å². The van der Waals surface area contributed by atoms with Crippen LogP contribution in [0.4, 0.5) is 19.0 Å². The highest BCUT2D eigenvalue weighted by molar-refractivity contribution is 7.79. The zero-order valence-corrected chi connectivity index (χ0v) is 19.3. The number of anilines is 1. The summed E-state index contributed by atoms with van der Waals surface area (Å²) in [5.41, 5.74) is 0.756. The van der Waals surface area contributed by atoms with Gasteiger partial charge >= 0.3 is 16.6 Å². The van der Waals surface area contributed by atoms with Crippen LogP contribution in [0.5, 0.6) is 11.6 Å². The summed E-state index contributed by atoms with van der Waals surface area (Å²) in [7, 11) is -4.67. The maximum absolute atomic E-state index is 12.6. The Morgan fingerprint density at radius 1 is 1.03 bits per heavy atom. The van der Waals surface area contributed by atoms with Gasteiger partial charge in [0.15, 0.2) is 0 Å². The zero-order chi connectivity index (χ0) is 25.4. The molecule has 34 heavy (non-hydrogen) atoms. The summed E-state index contributed by atoms with van der Waals surface area (Å²) in [5.74, 6) is 1.27. The average Bonchev–Trinajstić information content (AvgIpc) is 2.75. The monoisotopic (exact) mass is 540 g/mol. The predicted molar refractivity (Wildman–Crippen MR) is 119 cm³/mol. The van der Waals surface area contributed by atoms with Crippen molar-refractivity contribution in [3.8, 4) is 11.6 Å². The lowest BCUT2D eigenvalue weighted by Crippen LogP contribution is -2.08. The summed E-state index contributed by atoms with van der Waals surface area (Å²) in [6, 6.07) is 9.26. The van der Waals surface area contributed by atoms with E-state index >= 15 is 0 Å². The molecule has 184 valence electrons. The van der Waals surface area contributed by atoms with Crippen molar-refractivity contribution in [3.63, 3.8) is 0 Å². The van der Waals surface area contributed by atoms with E-state index in [0.717, 1.165) is 17.8 Å². The average molecular weight is 541 g/mol. The van der Waals surface area contributed by atoms with Crippen molar-refractivity contribution in [2.45, 2.75) is 18.5 Å². The van der Waals surface area contributed by atoms with Gasteiger partial charge in [0, 0.05) is 18.8 Å². The van der Waals surface area contributed by atoms with E-state index in [4.69, 9.17) is 45.5 Å². The van der Waals surface area contributed by atoms with Gasteiger partial charge in [-0.2, -0.15) is 21.6 Å². The fourth-order valence-electron chi connectivity index (χ4n) is 2.40. The molecular formula is C19H17Cl2F3N4O5S. The minimum atomic E-state index is -4.67. The third-order valence-electron chi connectivity index (χ3n) is 3.90. The van der Waals surface area contributed by atoms with E-state index in [1.165, 1.54) is 12.4 Å². The van der Waals surface area contributed by atoms with Gasteiger partial charge in [-0.15, -0.1) is 11.6 Å². The van der Waals surface area contributed by atoms with Crippen LogP contribution in [-0.4, -0.2) is 39.0 Å². The van der Waals surface area contributed by atoms with E-state index < -0.39 is 22.1 Å². The Bertz CT molecular complexity index is 1170. The molecule has 0 saturated carbocycles. The van der Waals surface area contributed by atoms with E-state index in [1.54, 1.807) is 12.1 Å². The van der Waals surface area contributed by atoms with Crippen molar-refractivity contribution in [2.75, 3.05) is 11.9 Å². The van der Waals surface area contributed by atoms with E-state index in [9.17, 15) is 13.2 Å². The molecule has 0 aliphatic heterocycles. The molecule has 3 rings (SSSR count). The van der Waals surface area contributed by atoms with Crippen molar-refractivity contribution < 1.29 is 35.4 Å². The first-order chi connectivity index (χ1) is 15.9. The Kier molecular flexibility index (Phi) is 9.82. The maximum atomic E-state index is 12.6. The molecule has 1 aromatic carbocycles. The molecule has 0 saturated heterocycles. The van der Waals surface area contributed by atoms with E-state index in [-0.39, 0.29) is 11.8 Å². The number of nitrogens with one attached hydrogen (secondary N) is 1. The molecule has 3 N–H and O–H groups in total. The summed E-state index contributed by atoms with van der Waals surface area (Å²) >= 11 is 11.9. The number of benzene rings is 1. The van der Waals surface area contributed by atoms with Crippen molar-refractivity contribution in [1.29, 1.82) is 0 Å². The lowest BCUT2D eigenvalue weighted by Gasteiger charge is -2.10. The summed E-state index contributed by atoms with van der Waals surface area (Å²) in [6.07, 6.45) is -1.60. The second-order valence-electron chi connectivity index (χ2n) is 6.37. The van der Waals surface area contributed by atoms with Crippen LogP contribution in [0.1, 0.15) is 16.8 Å². The molecule has 3 aromatic rings. The maximum Gasteiger partial charge on any atom is 0.417 e. The van der Waals surface area contributed by atoms with Crippen molar-refractivity contribution in [3.05, 3.63) is 70.8 Å². The van der Waals surface area contributed by atoms with Gasteiger partial charge in [-0.25, -0.2) is 15.0 Å². The first-order valence-corrected chi connectivity index (χ1v) is 11.5. The van der Waals surface area contributed by atoms with Gasteiger partial charge < -0.3 is 10.1 Å². The lowest BCUT2D eigenvalue weighted by atomic mass is 10.1. The molecule has 0 aliphatic carbocycles. The highest BCUT2D eigenvalue weighted by atomic mass is 35.5. The molecule has 0 spiro atoms. The lowest BCUT2D eigenvalue weighted by molar-refractivity contribution is -0.137. The Morgan fingerprint density at radius 2 is 1.68 bits per heavy atom. The number of alkyl halides is 4. The molecular weight excluding hydrogens is 524 g/mol. The minimum Gasteiger partial charge on any atom is -0.439 e. The normalized spacial score (nSPS) is 11.4. The van der Waals surface area contributed by atoms with Crippen LogP contribution in [0.25, 0.3) is 0 Å². The molecule has 0 amide bonds. The van der Waals surface area contributed by atoms with Gasteiger partial charge in [0.25, 0.3) is 0 Å².